The number of nitrogen functional groups attached to an aromatic ring is 1. The number of nitrogens with two attached hydrogens (primary N) is 1. The van der Waals surface area contributed by atoms with Crippen molar-refractivity contribution in [2.75, 3.05) is 5.73 Å². The van der Waals surface area contributed by atoms with E-state index in [0.717, 1.165) is 6.42 Å². The highest BCUT2D eigenvalue weighted by Gasteiger charge is 2.33. The molecule has 0 saturated carbocycles. The second-order valence-electron chi connectivity index (χ2n) is 4.88. The van der Waals surface area contributed by atoms with Crippen LogP contribution in [-0.2, 0) is 6.18 Å². The van der Waals surface area contributed by atoms with E-state index in [1.807, 2.05) is 13.8 Å². The lowest BCUT2D eigenvalue weighted by atomic mass is 9.94. The molecule has 3 N–H and O–H groups in total. The van der Waals surface area contributed by atoms with Gasteiger partial charge in [0.25, 0.3) is 0 Å². The number of rotatable bonds is 2. The van der Waals surface area contributed by atoms with Gasteiger partial charge in [-0.3, -0.25) is 4.79 Å². The first-order valence-corrected chi connectivity index (χ1v) is 6.27. The molecule has 0 bridgehead atoms. The minimum absolute atomic E-state index is 0.0263. The monoisotopic (exact) mass is 284 g/mol. The molecule has 0 aliphatic rings. The first-order chi connectivity index (χ1) is 9.24. The van der Waals surface area contributed by atoms with Gasteiger partial charge in [-0.15, -0.1) is 0 Å². The SMILES string of the molecule is CCC(C)c1cc2c(C(F)(F)F)cc(=O)[nH]c2cc1N. The van der Waals surface area contributed by atoms with Crippen molar-refractivity contribution in [3.8, 4) is 0 Å². The summed E-state index contributed by atoms with van der Waals surface area (Å²) >= 11 is 0. The Labute approximate surface area is 113 Å². The minimum Gasteiger partial charge on any atom is -0.398 e. The van der Waals surface area contributed by atoms with Gasteiger partial charge in [-0.2, -0.15) is 13.2 Å². The van der Waals surface area contributed by atoms with E-state index in [0.29, 0.717) is 17.3 Å². The van der Waals surface area contributed by atoms with Gasteiger partial charge in [0.05, 0.1) is 11.1 Å². The Morgan fingerprint density at radius 3 is 2.50 bits per heavy atom. The third kappa shape index (κ3) is 2.50. The topological polar surface area (TPSA) is 58.9 Å². The Hall–Kier alpha value is -1.98. The maximum Gasteiger partial charge on any atom is 0.417 e. The maximum atomic E-state index is 13.0. The Morgan fingerprint density at radius 1 is 1.30 bits per heavy atom. The summed E-state index contributed by atoms with van der Waals surface area (Å²) in [5.41, 5.74) is 5.31. The van der Waals surface area contributed by atoms with E-state index in [9.17, 15) is 18.0 Å². The summed E-state index contributed by atoms with van der Waals surface area (Å²) < 4.78 is 39.1. The number of aromatic nitrogens is 1. The van der Waals surface area contributed by atoms with Crippen molar-refractivity contribution in [3.05, 3.63) is 39.7 Å². The van der Waals surface area contributed by atoms with Crippen molar-refractivity contribution in [2.24, 2.45) is 0 Å². The predicted octanol–water partition coefficient (Wildman–Crippen LogP) is 3.64. The van der Waals surface area contributed by atoms with Crippen LogP contribution in [-0.4, -0.2) is 4.98 Å². The number of aromatic amines is 1. The normalized spacial score (nSPS) is 13.7. The van der Waals surface area contributed by atoms with E-state index in [1.54, 1.807) is 0 Å². The lowest BCUT2D eigenvalue weighted by Crippen LogP contribution is -2.14. The highest BCUT2D eigenvalue weighted by Crippen LogP contribution is 2.36. The molecule has 6 heteroatoms. The zero-order chi connectivity index (χ0) is 15.1. The van der Waals surface area contributed by atoms with Gasteiger partial charge in [0.2, 0.25) is 5.56 Å². The van der Waals surface area contributed by atoms with Crippen LogP contribution in [0.1, 0.15) is 37.3 Å². The molecule has 2 rings (SSSR count). The molecule has 0 saturated heterocycles. The van der Waals surface area contributed by atoms with E-state index >= 15 is 0 Å². The van der Waals surface area contributed by atoms with Crippen LogP contribution in [0.2, 0.25) is 0 Å². The first kappa shape index (κ1) is 14.4. The highest BCUT2D eigenvalue weighted by molar-refractivity contribution is 5.87. The van der Waals surface area contributed by atoms with Crippen LogP contribution in [0.15, 0.2) is 23.0 Å². The number of alkyl halides is 3. The summed E-state index contributed by atoms with van der Waals surface area (Å²) in [6.45, 7) is 3.84. The van der Waals surface area contributed by atoms with Crippen LogP contribution in [0.4, 0.5) is 18.9 Å². The van der Waals surface area contributed by atoms with E-state index in [4.69, 9.17) is 5.73 Å². The van der Waals surface area contributed by atoms with E-state index in [2.05, 4.69) is 4.98 Å². The summed E-state index contributed by atoms with van der Waals surface area (Å²) in [6, 6.07) is 3.41. The molecule has 0 radical (unpaired) electrons. The van der Waals surface area contributed by atoms with Crippen molar-refractivity contribution in [1.29, 1.82) is 0 Å². The number of nitrogens with one attached hydrogen (secondary N) is 1. The standard InChI is InChI=1S/C14H15F3N2O/c1-3-7(2)8-4-9-10(14(15,16)17)5-13(20)19-12(9)6-11(8)18/h4-7H,3,18H2,1-2H3,(H,19,20). The predicted molar refractivity (Wildman–Crippen MR) is 72.7 cm³/mol. The number of benzene rings is 1. The molecule has 1 unspecified atom stereocenters. The lowest BCUT2D eigenvalue weighted by molar-refractivity contribution is -0.136. The largest absolute Gasteiger partial charge is 0.417 e. The fourth-order valence-corrected chi connectivity index (χ4v) is 2.22. The number of hydrogen-bond acceptors (Lipinski definition) is 2. The zero-order valence-electron chi connectivity index (χ0n) is 11.1. The van der Waals surface area contributed by atoms with Crippen LogP contribution in [0.3, 0.4) is 0 Å². The molecule has 1 aromatic heterocycles. The quantitative estimate of drug-likeness (QED) is 0.827. The van der Waals surface area contributed by atoms with Crippen molar-refractivity contribution < 1.29 is 13.2 Å². The Morgan fingerprint density at radius 2 is 1.95 bits per heavy atom. The van der Waals surface area contributed by atoms with Crippen molar-refractivity contribution in [3.63, 3.8) is 0 Å². The number of fused-ring (bicyclic) bond motifs is 1. The summed E-state index contributed by atoms with van der Waals surface area (Å²) in [4.78, 5) is 13.7. The number of H-pyrrole nitrogens is 1. The molecule has 0 aliphatic heterocycles. The van der Waals surface area contributed by atoms with Gasteiger partial charge in [-0.1, -0.05) is 13.8 Å². The average molecular weight is 284 g/mol. The van der Waals surface area contributed by atoms with Crippen LogP contribution < -0.4 is 11.3 Å². The fourth-order valence-electron chi connectivity index (χ4n) is 2.22. The number of pyridine rings is 1. The third-order valence-electron chi connectivity index (χ3n) is 3.50. The molecule has 0 fully saturated rings. The fraction of sp³-hybridized carbons (Fsp3) is 0.357. The van der Waals surface area contributed by atoms with Gasteiger partial charge in [0, 0.05) is 17.1 Å². The van der Waals surface area contributed by atoms with E-state index in [1.165, 1.54) is 12.1 Å². The lowest BCUT2D eigenvalue weighted by Gasteiger charge is -2.16. The molecule has 108 valence electrons. The number of halogens is 3. The Kier molecular flexibility index (Phi) is 3.50. The highest BCUT2D eigenvalue weighted by atomic mass is 19.4. The van der Waals surface area contributed by atoms with E-state index < -0.39 is 17.3 Å². The van der Waals surface area contributed by atoms with Gasteiger partial charge in [-0.05, 0) is 30.0 Å². The van der Waals surface area contributed by atoms with Gasteiger partial charge in [0.15, 0.2) is 0 Å². The summed E-state index contributed by atoms with van der Waals surface area (Å²) in [7, 11) is 0. The van der Waals surface area contributed by atoms with Crippen LogP contribution >= 0.6 is 0 Å². The molecule has 2 aromatic rings. The molecule has 1 atom stereocenters. The van der Waals surface area contributed by atoms with Crippen molar-refractivity contribution >= 4 is 16.6 Å². The molecule has 0 aliphatic carbocycles. The van der Waals surface area contributed by atoms with Crippen molar-refractivity contribution in [1.82, 2.24) is 4.98 Å². The average Bonchev–Trinajstić information content (AvgIpc) is 2.34. The summed E-state index contributed by atoms with van der Waals surface area (Å²) in [5.74, 6) is 0.0485. The molecular weight excluding hydrogens is 269 g/mol. The molecule has 1 heterocycles. The zero-order valence-corrected chi connectivity index (χ0v) is 11.1. The van der Waals surface area contributed by atoms with Crippen LogP contribution in [0, 0.1) is 0 Å². The van der Waals surface area contributed by atoms with Gasteiger partial charge < -0.3 is 10.7 Å². The number of anilines is 1. The molecule has 0 amide bonds. The van der Waals surface area contributed by atoms with Gasteiger partial charge >= 0.3 is 6.18 Å². The summed E-state index contributed by atoms with van der Waals surface area (Å²) in [5, 5.41) is -0.0263. The molecule has 20 heavy (non-hydrogen) atoms. The number of hydrogen-bond donors (Lipinski definition) is 2. The van der Waals surface area contributed by atoms with Crippen molar-refractivity contribution in [2.45, 2.75) is 32.4 Å². The second-order valence-corrected chi connectivity index (χ2v) is 4.88. The molecule has 0 spiro atoms. The van der Waals surface area contributed by atoms with E-state index in [-0.39, 0.29) is 16.8 Å². The van der Waals surface area contributed by atoms with Crippen LogP contribution in [0.5, 0.6) is 0 Å². The molecule has 3 nitrogen and oxygen atoms in total. The van der Waals surface area contributed by atoms with Gasteiger partial charge in [0.1, 0.15) is 0 Å². The summed E-state index contributed by atoms with van der Waals surface area (Å²) in [6.07, 6.45) is -3.81. The molecule has 1 aromatic carbocycles. The minimum atomic E-state index is -4.57. The third-order valence-corrected chi connectivity index (χ3v) is 3.50. The smallest absolute Gasteiger partial charge is 0.398 e. The van der Waals surface area contributed by atoms with Gasteiger partial charge in [-0.25, -0.2) is 0 Å². The maximum absolute atomic E-state index is 13.0. The molecular formula is C14H15F3N2O. The Bertz CT molecular complexity index is 704. The first-order valence-electron chi connectivity index (χ1n) is 6.27. The Balaban J connectivity index is 2.84. The second kappa shape index (κ2) is 4.85. The van der Waals surface area contributed by atoms with Crippen LogP contribution in [0.25, 0.3) is 10.9 Å².